The first-order valence-electron chi connectivity index (χ1n) is 7.01. The van der Waals surface area contributed by atoms with Crippen LogP contribution in [0.3, 0.4) is 0 Å². The summed E-state index contributed by atoms with van der Waals surface area (Å²) in [5, 5.41) is 0. The molecule has 1 aromatic rings. The van der Waals surface area contributed by atoms with Crippen LogP contribution in [0.5, 0.6) is 5.75 Å². The lowest BCUT2D eigenvalue weighted by molar-refractivity contribution is -0.141. The van der Waals surface area contributed by atoms with E-state index >= 15 is 0 Å². The molecular weight excluding hydrogens is 256 g/mol. The fourth-order valence-corrected chi connectivity index (χ4v) is 4.96. The average molecular weight is 280 g/mol. The zero-order valence-electron chi connectivity index (χ0n) is 12.3. The van der Waals surface area contributed by atoms with Crippen molar-refractivity contribution in [1.82, 2.24) is 0 Å². The van der Waals surface area contributed by atoms with Gasteiger partial charge in [0.2, 0.25) is 0 Å². The van der Waals surface area contributed by atoms with Gasteiger partial charge in [-0.15, -0.1) is 0 Å². The van der Waals surface area contributed by atoms with Crippen LogP contribution < -0.4 is 4.74 Å². The SMILES string of the molecule is CC[Si](CC)(CC)OC(C)C(=O)Oc1ccccc1. The van der Waals surface area contributed by atoms with E-state index in [1.54, 1.807) is 19.1 Å². The van der Waals surface area contributed by atoms with Crippen molar-refractivity contribution in [3.8, 4) is 5.75 Å². The van der Waals surface area contributed by atoms with Crippen LogP contribution in [0.1, 0.15) is 27.7 Å². The molecule has 0 radical (unpaired) electrons. The Bertz CT molecular complexity index is 379. The van der Waals surface area contributed by atoms with Gasteiger partial charge < -0.3 is 9.16 Å². The standard InChI is InChI=1S/C15H24O3Si/c1-5-19(6-2,7-3)18-13(4)15(16)17-14-11-9-8-10-12-14/h8-13H,5-7H2,1-4H3. The van der Waals surface area contributed by atoms with Gasteiger partial charge in [-0.2, -0.15) is 0 Å². The summed E-state index contributed by atoms with van der Waals surface area (Å²) in [4.78, 5) is 12.0. The Kier molecular flexibility index (Phi) is 6.25. The Morgan fingerprint density at radius 2 is 1.63 bits per heavy atom. The lowest BCUT2D eigenvalue weighted by atomic mass is 10.3. The summed E-state index contributed by atoms with van der Waals surface area (Å²) >= 11 is 0. The van der Waals surface area contributed by atoms with E-state index < -0.39 is 14.4 Å². The first-order valence-corrected chi connectivity index (χ1v) is 9.54. The quantitative estimate of drug-likeness (QED) is 0.430. The second kappa shape index (κ2) is 7.45. The van der Waals surface area contributed by atoms with Crippen LogP contribution in [0.4, 0.5) is 0 Å². The maximum atomic E-state index is 12.0. The molecule has 106 valence electrons. The van der Waals surface area contributed by atoms with Gasteiger partial charge in [0.25, 0.3) is 0 Å². The number of hydrogen-bond acceptors (Lipinski definition) is 3. The molecule has 0 spiro atoms. The Labute approximate surface area is 117 Å². The lowest BCUT2D eigenvalue weighted by Crippen LogP contribution is -2.42. The van der Waals surface area contributed by atoms with Gasteiger partial charge in [0, 0.05) is 0 Å². The van der Waals surface area contributed by atoms with Gasteiger partial charge in [-0.05, 0) is 37.2 Å². The third kappa shape index (κ3) is 4.47. The first-order chi connectivity index (χ1) is 9.06. The first kappa shape index (κ1) is 15.9. The van der Waals surface area contributed by atoms with Gasteiger partial charge in [-0.3, -0.25) is 0 Å². The summed E-state index contributed by atoms with van der Waals surface area (Å²) in [5.74, 6) is 0.262. The van der Waals surface area contributed by atoms with E-state index in [9.17, 15) is 4.79 Å². The predicted octanol–water partition coefficient (Wildman–Crippen LogP) is 4.00. The molecule has 0 amide bonds. The molecule has 1 aromatic carbocycles. The summed E-state index contributed by atoms with van der Waals surface area (Å²) in [6, 6.07) is 12.2. The highest BCUT2D eigenvalue weighted by Gasteiger charge is 2.33. The van der Waals surface area contributed by atoms with Crippen molar-refractivity contribution in [1.29, 1.82) is 0 Å². The van der Waals surface area contributed by atoms with Gasteiger partial charge in [-0.1, -0.05) is 39.0 Å². The van der Waals surface area contributed by atoms with E-state index in [2.05, 4.69) is 20.8 Å². The average Bonchev–Trinajstić information content (AvgIpc) is 2.45. The lowest BCUT2D eigenvalue weighted by Gasteiger charge is -2.30. The molecule has 0 N–H and O–H groups in total. The van der Waals surface area contributed by atoms with E-state index in [1.807, 2.05) is 18.2 Å². The normalized spacial score (nSPS) is 13.1. The number of rotatable bonds is 7. The summed E-state index contributed by atoms with van der Waals surface area (Å²) in [6.07, 6.45) is -0.494. The molecule has 4 heteroatoms. The van der Waals surface area contributed by atoms with Gasteiger partial charge in [0.1, 0.15) is 11.9 Å². The fourth-order valence-electron chi connectivity index (χ4n) is 2.11. The van der Waals surface area contributed by atoms with Crippen molar-refractivity contribution in [2.24, 2.45) is 0 Å². The topological polar surface area (TPSA) is 35.5 Å². The van der Waals surface area contributed by atoms with Crippen LogP contribution in [-0.4, -0.2) is 20.4 Å². The van der Waals surface area contributed by atoms with Gasteiger partial charge in [0.05, 0.1) is 0 Å². The van der Waals surface area contributed by atoms with Gasteiger partial charge in [-0.25, -0.2) is 4.79 Å². The van der Waals surface area contributed by atoms with E-state index in [-0.39, 0.29) is 5.97 Å². The van der Waals surface area contributed by atoms with Crippen molar-refractivity contribution >= 4 is 14.3 Å². The van der Waals surface area contributed by atoms with Crippen LogP contribution >= 0.6 is 0 Å². The highest BCUT2D eigenvalue weighted by atomic mass is 28.4. The number of para-hydroxylation sites is 1. The summed E-state index contributed by atoms with van der Waals surface area (Å²) in [7, 11) is -1.76. The highest BCUT2D eigenvalue weighted by Crippen LogP contribution is 2.24. The molecule has 0 saturated carbocycles. The van der Waals surface area contributed by atoms with E-state index in [0.717, 1.165) is 18.1 Å². The van der Waals surface area contributed by atoms with Crippen molar-refractivity contribution in [3.63, 3.8) is 0 Å². The smallest absolute Gasteiger partial charge is 0.339 e. The molecule has 0 fully saturated rings. The van der Waals surface area contributed by atoms with Crippen LogP contribution in [-0.2, 0) is 9.22 Å². The third-order valence-corrected chi connectivity index (χ3v) is 8.37. The third-order valence-electron chi connectivity index (χ3n) is 3.65. The molecular formula is C15H24O3Si. The number of carbonyl (C=O) groups is 1. The molecule has 3 nitrogen and oxygen atoms in total. The summed E-state index contributed by atoms with van der Waals surface area (Å²) < 4.78 is 11.4. The van der Waals surface area contributed by atoms with Crippen LogP contribution in [0.15, 0.2) is 30.3 Å². The zero-order valence-corrected chi connectivity index (χ0v) is 13.3. The van der Waals surface area contributed by atoms with Crippen molar-refractivity contribution in [2.75, 3.05) is 0 Å². The number of benzene rings is 1. The molecule has 0 aromatic heterocycles. The van der Waals surface area contributed by atoms with E-state index in [1.165, 1.54) is 0 Å². The predicted molar refractivity (Wildman–Crippen MR) is 79.8 cm³/mol. The van der Waals surface area contributed by atoms with Crippen molar-refractivity contribution < 1.29 is 14.0 Å². The minimum absolute atomic E-state index is 0.307. The Balaban J connectivity index is 2.62. The molecule has 0 aliphatic heterocycles. The highest BCUT2D eigenvalue weighted by molar-refractivity contribution is 6.73. The summed E-state index contributed by atoms with van der Waals surface area (Å²) in [5.41, 5.74) is 0. The van der Waals surface area contributed by atoms with Crippen molar-refractivity contribution in [3.05, 3.63) is 30.3 Å². The van der Waals surface area contributed by atoms with E-state index in [4.69, 9.17) is 9.16 Å². The van der Waals surface area contributed by atoms with Crippen LogP contribution in [0.25, 0.3) is 0 Å². The van der Waals surface area contributed by atoms with Crippen molar-refractivity contribution in [2.45, 2.75) is 51.9 Å². The molecule has 0 aliphatic carbocycles. The summed E-state index contributed by atoms with van der Waals surface area (Å²) in [6.45, 7) is 8.23. The Morgan fingerprint density at radius 1 is 1.11 bits per heavy atom. The molecule has 1 atom stereocenters. The number of carbonyl (C=O) groups excluding carboxylic acids is 1. The molecule has 1 rings (SSSR count). The Hall–Kier alpha value is -1.13. The Morgan fingerprint density at radius 3 is 2.11 bits per heavy atom. The minimum atomic E-state index is -1.76. The second-order valence-electron chi connectivity index (χ2n) is 4.74. The molecule has 0 bridgehead atoms. The number of hydrogen-bond donors (Lipinski definition) is 0. The monoisotopic (exact) mass is 280 g/mol. The van der Waals surface area contributed by atoms with Gasteiger partial charge >= 0.3 is 5.97 Å². The molecule has 19 heavy (non-hydrogen) atoms. The minimum Gasteiger partial charge on any atom is -0.425 e. The van der Waals surface area contributed by atoms with Crippen LogP contribution in [0.2, 0.25) is 18.1 Å². The maximum Gasteiger partial charge on any atom is 0.339 e. The number of ether oxygens (including phenoxy) is 1. The zero-order chi connectivity index (χ0) is 14.3. The fraction of sp³-hybridized carbons (Fsp3) is 0.533. The maximum absolute atomic E-state index is 12.0. The largest absolute Gasteiger partial charge is 0.425 e. The molecule has 0 heterocycles. The van der Waals surface area contributed by atoms with Crippen LogP contribution in [0, 0.1) is 0 Å². The van der Waals surface area contributed by atoms with E-state index in [0.29, 0.717) is 5.75 Å². The molecule has 0 aliphatic rings. The second-order valence-corrected chi connectivity index (χ2v) is 9.46. The number of esters is 1. The molecule has 1 unspecified atom stereocenters. The van der Waals surface area contributed by atoms with Gasteiger partial charge in [0.15, 0.2) is 8.32 Å². The molecule has 0 saturated heterocycles.